The predicted octanol–water partition coefficient (Wildman–Crippen LogP) is -3.32. The van der Waals surface area contributed by atoms with E-state index in [9.17, 15) is 4.79 Å². The molecular weight excluding hydrogens is 165 g/mol. The fraction of sp³-hybridized carbons (Fsp3) is 0. The van der Waals surface area contributed by atoms with Gasteiger partial charge in [-0.15, -0.1) is 12.2 Å². The van der Waals surface area contributed by atoms with Crippen LogP contribution in [0.5, 0.6) is 0 Å². The Bertz CT molecular complexity index is 244. The van der Waals surface area contributed by atoms with E-state index in [1.165, 1.54) is 6.33 Å². The van der Waals surface area contributed by atoms with Crippen LogP contribution in [0.25, 0.3) is 0 Å². The molecule has 0 aromatic carbocycles. The number of nitrogens with zero attached hydrogens (tertiary/aromatic N) is 2. The molecule has 1 aromatic rings. The average Bonchev–Trinajstić information content (AvgIpc) is 2.14. The van der Waals surface area contributed by atoms with Crippen LogP contribution in [-0.2, 0) is 4.79 Å². The molecule has 1 aromatic heterocycles. The zero-order valence-electron chi connectivity index (χ0n) is 5.24. The van der Waals surface area contributed by atoms with Crippen LogP contribution in [0.3, 0.4) is 0 Å². The largest absolute Gasteiger partial charge is 1.00 e. The minimum absolute atomic E-state index is 0. The van der Waals surface area contributed by atoms with Gasteiger partial charge in [-0.25, -0.2) is 5.10 Å². The van der Waals surface area contributed by atoms with E-state index in [0.29, 0.717) is 0 Å². The molecule has 10 heavy (non-hydrogen) atoms. The van der Waals surface area contributed by atoms with Gasteiger partial charge in [0, 0.05) is 6.33 Å². The number of nitrogens with one attached hydrogen (secondary N) is 1. The summed E-state index contributed by atoms with van der Waals surface area (Å²) in [5.74, 6) is 0. The number of aromatic amines is 1. The van der Waals surface area contributed by atoms with E-state index in [1.807, 2.05) is 0 Å². The van der Waals surface area contributed by atoms with Gasteiger partial charge in [-0.1, -0.05) is 0 Å². The van der Waals surface area contributed by atoms with Crippen LogP contribution in [-0.4, -0.2) is 26.7 Å². The Balaban J connectivity index is 0. The van der Waals surface area contributed by atoms with Gasteiger partial charge < -0.3 is 19.9 Å². The van der Waals surface area contributed by atoms with Crippen molar-refractivity contribution in [2.45, 2.75) is 0 Å². The number of hydrogen-bond acceptors (Lipinski definition) is 4. The molecule has 1 heterocycles. The van der Waals surface area contributed by atoms with Crippen LogP contribution in [0, 0.1) is 4.77 Å². The fourth-order valence-corrected chi connectivity index (χ4v) is 0.450. The van der Waals surface area contributed by atoms with E-state index in [2.05, 4.69) is 22.4 Å². The summed E-state index contributed by atoms with van der Waals surface area (Å²) < 4.78 is 1.31. The Morgan fingerprint density at radius 2 is 2.40 bits per heavy atom. The third-order valence-electron chi connectivity index (χ3n) is 0.651. The fourth-order valence-electron chi connectivity index (χ4n) is 0.313. The smallest absolute Gasteiger partial charge is 0.870 e. The first kappa shape index (κ1) is 12.6. The molecule has 1 rings (SSSR count). The van der Waals surface area contributed by atoms with Gasteiger partial charge in [0.15, 0.2) is 6.41 Å². The Morgan fingerprint density at radius 1 is 1.80 bits per heavy atom. The van der Waals surface area contributed by atoms with Crippen LogP contribution in [0.4, 0.5) is 0 Å². The van der Waals surface area contributed by atoms with Crippen LogP contribution >= 0.6 is 12.2 Å². The Labute approximate surface area is 84.0 Å². The van der Waals surface area contributed by atoms with Gasteiger partial charge in [0.25, 0.3) is 0 Å². The summed E-state index contributed by atoms with van der Waals surface area (Å²) in [7, 11) is 0. The molecule has 0 saturated heterocycles. The minimum atomic E-state index is 0. The molecule has 0 fully saturated rings. The van der Waals surface area contributed by atoms with Crippen molar-refractivity contribution in [3.8, 4) is 0 Å². The predicted molar refractivity (Wildman–Crippen MR) is 30.4 cm³/mol. The molecular formula is C3H3N3NaO2S-. The van der Waals surface area contributed by atoms with Crippen LogP contribution in [0.2, 0.25) is 0 Å². The molecule has 0 saturated carbocycles. The second kappa shape index (κ2) is 5.75. The van der Waals surface area contributed by atoms with Gasteiger partial charge in [0.05, 0.1) is 4.77 Å². The first-order chi connectivity index (χ1) is 3.84. The Kier molecular flexibility index (Phi) is 7.27. The first-order valence-corrected chi connectivity index (χ1v) is 2.25. The van der Waals surface area contributed by atoms with E-state index in [4.69, 9.17) is 0 Å². The molecule has 0 unspecified atom stereocenters. The summed E-state index contributed by atoms with van der Waals surface area (Å²) in [4.78, 5) is 9.80. The monoisotopic (exact) mass is 168 g/mol. The van der Waals surface area contributed by atoms with Gasteiger partial charge >= 0.3 is 29.6 Å². The van der Waals surface area contributed by atoms with Crippen molar-refractivity contribution in [3.63, 3.8) is 0 Å². The van der Waals surface area contributed by atoms with E-state index < -0.39 is 0 Å². The number of hydrogen-bond donors (Lipinski definition) is 1. The van der Waals surface area contributed by atoms with Crippen molar-refractivity contribution in [1.82, 2.24) is 14.8 Å². The van der Waals surface area contributed by atoms with E-state index in [-0.39, 0.29) is 39.8 Å². The van der Waals surface area contributed by atoms with Crippen molar-refractivity contribution in [3.05, 3.63) is 11.1 Å². The summed E-state index contributed by atoms with van der Waals surface area (Å²) in [5.41, 5.74) is 0. The molecule has 0 spiro atoms. The molecule has 0 radical (unpaired) electrons. The van der Waals surface area contributed by atoms with Crippen molar-refractivity contribution in [2.24, 2.45) is 0 Å². The van der Waals surface area contributed by atoms with Gasteiger partial charge in [-0.2, -0.15) is 0 Å². The summed E-state index contributed by atoms with van der Waals surface area (Å²) in [6.07, 6.45) is 2.80. The maximum atomic E-state index is 9.80. The zero-order valence-corrected chi connectivity index (χ0v) is 8.05. The summed E-state index contributed by atoms with van der Waals surface area (Å²) in [6, 6.07) is 0. The molecule has 0 atom stereocenters. The van der Waals surface area contributed by atoms with Gasteiger partial charge in [0.2, 0.25) is 0 Å². The van der Waals surface area contributed by atoms with Crippen LogP contribution in [0.15, 0.2) is 6.33 Å². The molecule has 50 valence electrons. The van der Waals surface area contributed by atoms with E-state index in [1.54, 1.807) is 6.41 Å². The second-order valence-corrected chi connectivity index (χ2v) is 1.51. The summed E-state index contributed by atoms with van der Waals surface area (Å²) >= 11 is 4.57. The normalized spacial score (nSPS) is 7.20. The minimum Gasteiger partial charge on any atom is -0.870 e. The standard InChI is InChI=1S/C3H2N3OS.Na.H2O/c7-2-6-1-4-5-3(6)8;;/h1H,(H,5,8);;1H2/q-1;+1;/p-1. The summed E-state index contributed by atoms with van der Waals surface area (Å²) in [6.45, 7) is 0. The van der Waals surface area contributed by atoms with Crippen molar-refractivity contribution < 1.29 is 39.8 Å². The molecule has 0 amide bonds. The molecule has 0 aliphatic carbocycles. The summed E-state index contributed by atoms with van der Waals surface area (Å²) in [5, 5.41) is 5.85. The second-order valence-electron chi connectivity index (χ2n) is 1.12. The van der Waals surface area contributed by atoms with Gasteiger partial charge in [0.1, 0.15) is 0 Å². The van der Waals surface area contributed by atoms with Crippen molar-refractivity contribution >= 4 is 18.6 Å². The maximum absolute atomic E-state index is 9.80. The van der Waals surface area contributed by atoms with E-state index in [0.717, 1.165) is 4.57 Å². The van der Waals surface area contributed by atoms with Gasteiger partial charge in [-0.05, 0) is 0 Å². The molecule has 0 bridgehead atoms. The van der Waals surface area contributed by atoms with Crippen LogP contribution < -0.4 is 29.6 Å². The number of rotatable bonds is 1. The SMILES string of the molecule is O=[C-]n1cn[nH]c1=S.[Na+].[OH-]. The Morgan fingerprint density at radius 3 is 2.60 bits per heavy atom. The first-order valence-electron chi connectivity index (χ1n) is 1.85. The molecule has 5 nitrogen and oxygen atoms in total. The number of carbonyl (C=O) groups excluding carboxylic acids is 1. The number of aromatic nitrogens is 3. The quantitative estimate of drug-likeness (QED) is 0.270. The average molecular weight is 168 g/mol. The van der Waals surface area contributed by atoms with Gasteiger partial charge in [-0.3, -0.25) is 0 Å². The third kappa shape index (κ3) is 2.72. The third-order valence-corrected chi connectivity index (χ3v) is 0.939. The maximum Gasteiger partial charge on any atom is 1.00 e. The number of H-pyrrole nitrogens is 1. The Hall–Kier alpha value is -0.01000. The van der Waals surface area contributed by atoms with Crippen molar-refractivity contribution in [1.29, 1.82) is 0 Å². The zero-order chi connectivity index (χ0) is 5.98. The molecule has 0 aliphatic heterocycles. The molecule has 0 aliphatic rings. The van der Waals surface area contributed by atoms with E-state index >= 15 is 0 Å². The topological polar surface area (TPSA) is 80.7 Å². The molecule has 7 heteroatoms. The molecule has 2 N–H and O–H groups in total. The van der Waals surface area contributed by atoms with Crippen LogP contribution in [0.1, 0.15) is 0 Å². The van der Waals surface area contributed by atoms with Crippen molar-refractivity contribution in [2.75, 3.05) is 0 Å².